The van der Waals surface area contributed by atoms with E-state index in [9.17, 15) is 4.79 Å². The minimum Gasteiger partial charge on any atom is -0.299 e. The van der Waals surface area contributed by atoms with E-state index in [0.29, 0.717) is 11.7 Å². The lowest BCUT2D eigenvalue weighted by Crippen LogP contribution is -2.13. The van der Waals surface area contributed by atoms with Gasteiger partial charge in [-0.1, -0.05) is 78.6 Å². The number of carbonyl (C=O) groups is 1. The lowest BCUT2D eigenvalue weighted by Gasteiger charge is -2.13. The molecule has 0 aromatic carbocycles. The van der Waals surface area contributed by atoms with E-state index >= 15 is 0 Å². The van der Waals surface area contributed by atoms with Gasteiger partial charge in [0.25, 0.3) is 0 Å². The highest BCUT2D eigenvalue weighted by Crippen LogP contribution is 2.19. The molecule has 19 heavy (non-hydrogen) atoms. The van der Waals surface area contributed by atoms with Crippen LogP contribution in [0.3, 0.4) is 0 Å². The van der Waals surface area contributed by atoms with Crippen molar-refractivity contribution in [2.75, 3.05) is 0 Å². The molecular weight excluding hydrogens is 232 g/mol. The van der Waals surface area contributed by atoms with Gasteiger partial charge in [-0.25, -0.2) is 0 Å². The average Bonchev–Trinajstić information content (AvgIpc) is 2.42. The number of rotatable bonds is 14. The molecule has 1 heteroatoms. The number of ketones is 1. The van der Waals surface area contributed by atoms with Gasteiger partial charge in [0.05, 0.1) is 0 Å². The summed E-state index contributed by atoms with van der Waals surface area (Å²) in [7, 11) is 0. The Bertz CT molecular complexity index is 198. The normalized spacial score (nSPS) is 12.6. The fraction of sp³-hybridized carbons (Fsp3) is 0.944. The first-order valence-corrected chi connectivity index (χ1v) is 8.78. The van der Waals surface area contributed by atoms with Gasteiger partial charge in [0.1, 0.15) is 5.78 Å². The molecule has 114 valence electrons. The number of Topliss-reactive ketones (excluding diaryl/α,β-unsaturated/α-hetero) is 1. The van der Waals surface area contributed by atoms with Gasteiger partial charge < -0.3 is 0 Å². The topological polar surface area (TPSA) is 17.1 Å². The van der Waals surface area contributed by atoms with Crippen molar-refractivity contribution in [2.45, 2.75) is 104 Å². The zero-order valence-corrected chi connectivity index (χ0v) is 13.7. The third-order valence-electron chi connectivity index (χ3n) is 4.13. The molecule has 1 nitrogen and oxygen atoms in total. The van der Waals surface area contributed by atoms with Gasteiger partial charge in [0.15, 0.2) is 0 Å². The molecule has 0 bridgehead atoms. The summed E-state index contributed by atoms with van der Waals surface area (Å²) in [4.78, 5) is 12.1. The third-order valence-corrected chi connectivity index (χ3v) is 4.13. The Labute approximate surface area is 121 Å². The van der Waals surface area contributed by atoms with Crippen LogP contribution in [-0.4, -0.2) is 5.78 Å². The van der Waals surface area contributed by atoms with Gasteiger partial charge in [-0.2, -0.15) is 0 Å². The van der Waals surface area contributed by atoms with Crippen molar-refractivity contribution in [2.24, 2.45) is 5.92 Å². The molecule has 0 fully saturated rings. The summed E-state index contributed by atoms with van der Waals surface area (Å²) in [6.45, 7) is 6.64. The number of hydrogen-bond acceptors (Lipinski definition) is 1. The minimum absolute atomic E-state index is 0.354. The summed E-state index contributed by atoms with van der Waals surface area (Å²) < 4.78 is 0. The highest BCUT2D eigenvalue weighted by Gasteiger charge is 2.15. The molecule has 0 spiro atoms. The summed E-state index contributed by atoms with van der Waals surface area (Å²) in [6, 6.07) is 0. The second-order valence-electron chi connectivity index (χ2n) is 5.94. The maximum absolute atomic E-state index is 12.1. The second kappa shape index (κ2) is 14.1. The van der Waals surface area contributed by atoms with E-state index < -0.39 is 0 Å². The van der Waals surface area contributed by atoms with E-state index in [-0.39, 0.29) is 0 Å². The van der Waals surface area contributed by atoms with Crippen molar-refractivity contribution < 1.29 is 4.79 Å². The first kappa shape index (κ1) is 18.7. The molecule has 0 aliphatic heterocycles. The molecule has 0 unspecified atom stereocenters. The molecule has 1 atom stereocenters. The molecule has 0 aliphatic rings. The Kier molecular flexibility index (Phi) is 13.8. The Hall–Kier alpha value is -0.330. The lowest BCUT2D eigenvalue weighted by molar-refractivity contribution is -0.123. The van der Waals surface area contributed by atoms with Gasteiger partial charge in [-0.05, 0) is 19.3 Å². The van der Waals surface area contributed by atoms with Crippen molar-refractivity contribution in [3.8, 4) is 0 Å². The van der Waals surface area contributed by atoms with Crippen LogP contribution in [0, 0.1) is 5.92 Å². The summed E-state index contributed by atoms with van der Waals surface area (Å²) in [5, 5.41) is 0. The summed E-state index contributed by atoms with van der Waals surface area (Å²) in [5.41, 5.74) is 0. The highest BCUT2D eigenvalue weighted by molar-refractivity contribution is 5.80. The van der Waals surface area contributed by atoms with Gasteiger partial charge in [0, 0.05) is 12.3 Å². The zero-order valence-electron chi connectivity index (χ0n) is 13.7. The summed E-state index contributed by atoms with van der Waals surface area (Å²) >= 11 is 0. The molecule has 0 saturated heterocycles. The molecular formula is C18H36O. The Morgan fingerprint density at radius 2 is 1.26 bits per heavy atom. The Morgan fingerprint density at radius 1 is 0.737 bits per heavy atom. The monoisotopic (exact) mass is 268 g/mol. The molecule has 0 aromatic heterocycles. The number of hydrogen-bond donors (Lipinski definition) is 0. The largest absolute Gasteiger partial charge is 0.299 e. The fourth-order valence-corrected chi connectivity index (χ4v) is 2.69. The zero-order chi connectivity index (χ0) is 14.3. The molecule has 0 aromatic rings. The van der Waals surface area contributed by atoms with Crippen molar-refractivity contribution in [3.63, 3.8) is 0 Å². The first-order valence-electron chi connectivity index (χ1n) is 8.78. The molecule has 0 radical (unpaired) electrons. The molecule has 0 rings (SSSR count). The van der Waals surface area contributed by atoms with Crippen LogP contribution in [0.5, 0.6) is 0 Å². The van der Waals surface area contributed by atoms with Crippen LogP contribution < -0.4 is 0 Å². The van der Waals surface area contributed by atoms with Crippen LogP contribution in [0.4, 0.5) is 0 Å². The maximum Gasteiger partial charge on any atom is 0.135 e. The van der Waals surface area contributed by atoms with Crippen LogP contribution >= 0.6 is 0 Å². The molecule has 0 N–H and O–H groups in total. The van der Waals surface area contributed by atoms with Gasteiger partial charge >= 0.3 is 0 Å². The maximum atomic E-state index is 12.1. The van der Waals surface area contributed by atoms with Crippen LogP contribution in [0.15, 0.2) is 0 Å². The summed E-state index contributed by atoms with van der Waals surface area (Å²) in [6.07, 6.45) is 15.9. The Morgan fingerprint density at radius 3 is 1.84 bits per heavy atom. The highest BCUT2D eigenvalue weighted by atomic mass is 16.1. The third kappa shape index (κ3) is 11.2. The molecule has 0 amide bonds. The van der Waals surface area contributed by atoms with Gasteiger partial charge in [-0.15, -0.1) is 0 Å². The number of carbonyl (C=O) groups excluding carboxylic acids is 1. The predicted molar refractivity (Wildman–Crippen MR) is 85.5 cm³/mol. The van der Waals surface area contributed by atoms with Crippen molar-refractivity contribution in [1.29, 1.82) is 0 Å². The van der Waals surface area contributed by atoms with Gasteiger partial charge in [0.2, 0.25) is 0 Å². The van der Waals surface area contributed by atoms with E-state index in [1.54, 1.807) is 0 Å². The lowest BCUT2D eigenvalue weighted by atomic mass is 9.91. The van der Waals surface area contributed by atoms with E-state index in [2.05, 4.69) is 20.8 Å². The van der Waals surface area contributed by atoms with Crippen LogP contribution in [0.25, 0.3) is 0 Å². The van der Waals surface area contributed by atoms with Crippen molar-refractivity contribution in [3.05, 3.63) is 0 Å². The van der Waals surface area contributed by atoms with E-state index in [0.717, 1.165) is 25.7 Å². The van der Waals surface area contributed by atoms with Crippen molar-refractivity contribution in [1.82, 2.24) is 0 Å². The Balaban J connectivity index is 3.59. The molecule has 0 aliphatic carbocycles. The minimum atomic E-state index is 0.354. The smallest absolute Gasteiger partial charge is 0.135 e. The van der Waals surface area contributed by atoms with Gasteiger partial charge in [-0.3, -0.25) is 4.79 Å². The second-order valence-corrected chi connectivity index (χ2v) is 5.94. The van der Waals surface area contributed by atoms with Crippen LogP contribution in [0.1, 0.15) is 104 Å². The van der Waals surface area contributed by atoms with Crippen LogP contribution in [0.2, 0.25) is 0 Å². The quantitative estimate of drug-likeness (QED) is 0.338. The number of unbranched alkanes of at least 4 members (excludes halogenated alkanes) is 8. The van der Waals surface area contributed by atoms with E-state index in [1.165, 1.54) is 57.8 Å². The van der Waals surface area contributed by atoms with Crippen LogP contribution in [-0.2, 0) is 4.79 Å². The van der Waals surface area contributed by atoms with E-state index in [1.807, 2.05) is 0 Å². The molecule has 0 saturated carbocycles. The summed E-state index contributed by atoms with van der Waals surface area (Å²) in [5.74, 6) is 0.889. The average molecular weight is 268 g/mol. The fourth-order valence-electron chi connectivity index (χ4n) is 2.69. The molecule has 0 heterocycles. The predicted octanol–water partition coefficient (Wildman–Crippen LogP) is 6.30. The SMILES string of the molecule is CCCCCCCC[C@H](CC)C(=O)CCCCCC. The first-order chi connectivity index (χ1) is 9.26. The van der Waals surface area contributed by atoms with Crippen molar-refractivity contribution >= 4 is 5.78 Å². The standard InChI is InChI=1S/C18H36O/c1-4-7-9-11-12-13-15-17(6-3)18(19)16-14-10-8-5-2/h17H,4-16H2,1-3H3/t17-/m0/s1. The van der Waals surface area contributed by atoms with E-state index in [4.69, 9.17) is 0 Å².